The molecule has 1 saturated carbocycles. The Hall–Kier alpha value is -2.54. The summed E-state index contributed by atoms with van der Waals surface area (Å²) in [6.45, 7) is 1.90. The molecule has 0 amide bonds. The number of carbonyl (C=O) groups is 1. The lowest BCUT2D eigenvalue weighted by molar-refractivity contribution is -0.138. The van der Waals surface area contributed by atoms with Crippen molar-refractivity contribution in [3.63, 3.8) is 0 Å². The number of ether oxygens (including phenoxy) is 1. The molecule has 2 unspecified atom stereocenters. The van der Waals surface area contributed by atoms with Crippen LogP contribution in [0.2, 0.25) is 5.02 Å². The van der Waals surface area contributed by atoms with Crippen LogP contribution in [0.3, 0.4) is 0 Å². The van der Waals surface area contributed by atoms with E-state index in [1.54, 1.807) is 6.07 Å². The molecule has 1 heterocycles. The first-order chi connectivity index (χ1) is 14.2. The van der Waals surface area contributed by atoms with Gasteiger partial charge in [0, 0.05) is 18.0 Å². The van der Waals surface area contributed by atoms with Crippen molar-refractivity contribution < 1.29 is 27.8 Å². The van der Waals surface area contributed by atoms with Crippen molar-refractivity contribution in [1.29, 1.82) is 0 Å². The topological polar surface area (TPSA) is 59.4 Å². The van der Waals surface area contributed by atoms with Gasteiger partial charge in [-0.25, -0.2) is 4.98 Å². The molecule has 4 rings (SSSR count). The van der Waals surface area contributed by atoms with E-state index in [0.29, 0.717) is 18.4 Å². The van der Waals surface area contributed by atoms with Gasteiger partial charge in [-0.15, -0.1) is 0 Å². The number of ketones is 1. The summed E-state index contributed by atoms with van der Waals surface area (Å²) in [6.07, 6.45) is -0.897. The number of alkyl halides is 3. The number of hydrogen-bond donors (Lipinski definition) is 1. The van der Waals surface area contributed by atoms with E-state index in [1.165, 1.54) is 12.1 Å². The predicted molar refractivity (Wildman–Crippen MR) is 106 cm³/mol. The van der Waals surface area contributed by atoms with Crippen LogP contribution < -0.4 is 4.74 Å². The summed E-state index contributed by atoms with van der Waals surface area (Å²) in [5.41, 5.74) is 0.469. The quantitative estimate of drug-likeness (QED) is 0.603. The molecule has 2 bridgehead atoms. The number of hydrogen-bond acceptors (Lipinski definition) is 4. The molecule has 158 valence electrons. The zero-order valence-electron chi connectivity index (χ0n) is 16.1. The number of pyridine rings is 1. The van der Waals surface area contributed by atoms with Gasteiger partial charge < -0.3 is 9.84 Å². The Bertz CT molecular complexity index is 1050. The third-order valence-corrected chi connectivity index (χ3v) is 5.97. The molecule has 1 fully saturated rings. The van der Waals surface area contributed by atoms with Crippen LogP contribution in [-0.2, 0) is 17.4 Å². The molecule has 1 aromatic carbocycles. The van der Waals surface area contributed by atoms with Crippen LogP contribution >= 0.6 is 11.6 Å². The van der Waals surface area contributed by atoms with Gasteiger partial charge in [0.25, 0.3) is 0 Å². The molecule has 2 aromatic rings. The fraction of sp³-hybridized carbons (Fsp3) is 0.364. The summed E-state index contributed by atoms with van der Waals surface area (Å²) in [6, 6.07) is 5.47. The highest BCUT2D eigenvalue weighted by Gasteiger charge is 2.42. The summed E-state index contributed by atoms with van der Waals surface area (Å²) in [4.78, 5) is 16.6. The molecule has 2 aliphatic rings. The van der Waals surface area contributed by atoms with Crippen molar-refractivity contribution in [1.82, 2.24) is 4.98 Å². The average Bonchev–Trinajstić information content (AvgIpc) is 3.15. The van der Waals surface area contributed by atoms with Crippen molar-refractivity contribution in [2.45, 2.75) is 38.8 Å². The van der Waals surface area contributed by atoms with Crippen LogP contribution in [0.25, 0.3) is 5.57 Å². The van der Waals surface area contributed by atoms with Gasteiger partial charge in [0.1, 0.15) is 17.1 Å². The first kappa shape index (κ1) is 20.7. The maximum Gasteiger partial charge on any atom is 0.421 e. The van der Waals surface area contributed by atoms with Crippen molar-refractivity contribution in [2.24, 2.45) is 11.8 Å². The number of fused-ring (bicyclic) bond motifs is 2. The summed E-state index contributed by atoms with van der Waals surface area (Å²) < 4.78 is 45.5. The summed E-state index contributed by atoms with van der Waals surface area (Å²) in [5.74, 6) is -0.754. The molecule has 8 heteroatoms. The van der Waals surface area contributed by atoms with Gasteiger partial charge in [0.05, 0.1) is 10.6 Å². The van der Waals surface area contributed by atoms with Crippen LogP contribution in [0.1, 0.15) is 42.9 Å². The SMILES string of the molecule is CCc1ccc(Oc2ncc(Cl)cc2C(F)(F)F)cc1C1=C(O)C2CCC(C2)C1=O. The zero-order chi connectivity index (χ0) is 21.6. The monoisotopic (exact) mass is 437 g/mol. The smallest absolute Gasteiger partial charge is 0.421 e. The Morgan fingerprint density at radius 2 is 1.97 bits per heavy atom. The number of aromatic nitrogens is 1. The summed E-state index contributed by atoms with van der Waals surface area (Å²) in [7, 11) is 0. The first-order valence-corrected chi connectivity index (χ1v) is 10.1. The normalized spacial score (nSPS) is 21.3. The van der Waals surface area contributed by atoms with E-state index < -0.39 is 17.6 Å². The number of aliphatic hydroxyl groups excluding tert-OH is 1. The molecule has 0 spiro atoms. The Labute approximate surface area is 176 Å². The number of Topliss-reactive ketones (excluding diaryl/α,β-unsaturated/α-hetero) is 1. The first-order valence-electron chi connectivity index (χ1n) is 9.70. The predicted octanol–water partition coefficient (Wildman–Crippen LogP) is 6.38. The minimum atomic E-state index is -4.70. The Balaban J connectivity index is 1.77. The van der Waals surface area contributed by atoms with Gasteiger partial charge in [-0.3, -0.25) is 4.79 Å². The van der Waals surface area contributed by atoms with Crippen molar-refractivity contribution in [3.05, 3.63) is 57.9 Å². The molecule has 4 nitrogen and oxygen atoms in total. The van der Waals surface area contributed by atoms with E-state index in [-0.39, 0.29) is 39.7 Å². The molecule has 2 aliphatic carbocycles. The molecule has 2 atom stereocenters. The number of halogens is 4. The largest absolute Gasteiger partial charge is 0.511 e. The maximum absolute atomic E-state index is 13.4. The second kappa shape index (κ2) is 7.61. The zero-order valence-corrected chi connectivity index (χ0v) is 16.8. The molecular formula is C22H19ClF3NO3. The van der Waals surface area contributed by atoms with Gasteiger partial charge >= 0.3 is 6.18 Å². The second-order valence-corrected chi connectivity index (χ2v) is 8.05. The molecule has 1 N–H and O–H groups in total. The minimum Gasteiger partial charge on any atom is -0.511 e. The van der Waals surface area contributed by atoms with E-state index in [0.717, 1.165) is 30.7 Å². The second-order valence-electron chi connectivity index (χ2n) is 7.61. The maximum atomic E-state index is 13.4. The minimum absolute atomic E-state index is 0.0493. The number of allylic oxidation sites excluding steroid dienone is 2. The average molecular weight is 438 g/mol. The number of rotatable bonds is 4. The van der Waals surface area contributed by atoms with Crippen LogP contribution in [0, 0.1) is 11.8 Å². The molecular weight excluding hydrogens is 419 g/mol. The highest BCUT2D eigenvalue weighted by atomic mass is 35.5. The third kappa shape index (κ3) is 3.67. The molecule has 30 heavy (non-hydrogen) atoms. The number of aliphatic hydroxyl groups is 1. The van der Waals surface area contributed by atoms with Gasteiger partial charge in [-0.05, 0) is 55.0 Å². The molecule has 0 radical (unpaired) electrons. The van der Waals surface area contributed by atoms with E-state index >= 15 is 0 Å². The highest BCUT2D eigenvalue weighted by Crippen LogP contribution is 2.46. The number of benzene rings is 1. The van der Waals surface area contributed by atoms with E-state index in [9.17, 15) is 23.1 Å². The summed E-state index contributed by atoms with van der Waals surface area (Å²) >= 11 is 5.67. The van der Waals surface area contributed by atoms with Crippen LogP contribution in [0.15, 0.2) is 36.2 Å². The lowest BCUT2D eigenvalue weighted by atomic mass is 9.81. The van der Waals surface area contributed by atoms with Crippen LogP contribution in [0.5, 0.6) is 11.6 Å². The molecule has 1 aromatic heterocycles. The standard InChI is InChI=1S/C22H19ClF3NO3/c1-2-11-5-6-15(30-21-17(22(24,25)26)8-14(23)10-27-21)9-16(11)18-19(28)12-3-4-13(7-12)20(18)29/h5-6,8-10,12-13,28H,2-4,7H2,1H3. The lowest BCUT2D eigenvalue weighted by Gasteiger charge is -2.23. The number of nitrogens with zero attached hydrogens (tertiary/aromatic N) is 1. The van der Waals surface area contributed by atoms with Crippen molar-refractivity contribution in [2.75, 3.05) is 0 Å². The van der Waals surface area contributed by atoms with E-state index in [4.69, 9.17) is 16.3 Å². The van der Waals surface area contributed by atoms with Gasteiger partial charge in [-0.1, -0.05) is 24.6 Å². The van der Waals surface area contributed by atoms with Crippen LogP contribution in [-0.4, -0.2) is 15.9 Å². The fourth-order valence-corrected chi connectivity index (χ4v) is 4.41. The fourth-order valence-electron chi connectivity index (χ4n) is 4.26. The number of aryl methyl sites for hydroxylation is 1. The lowest BCUT2D eigenvalue weighted by Crippen LogP contribution is -2.22. The van der Waals surface area contributed by atoms with Gasteiger partial charge in [-0.2, -0.15) is 13.2 Å². The van der Waals surface area contributed by atoms with Gasteiger partial charge in [0.15, 0.2) is 5.78 Å². The Morgan fingerprint density at radius 3 is 2.67 bits per heavy atom. The van der Waals surface area contributed by atoms with E-state index in [1.807, 2.05) is 6.92 Å². The van der Waals surface area contributed by atoms with Crippen molar-refractivity contribution >= 4 is 23.0 Å². The molecule has 0 aliphatic heterocycles. The summed E-state index contributed by atoms with van der Waals surface area (Å²) in [5, 5.41) is 10.5. The Morgan fingerprint density at radius 1 is 1.23 bits per heavy atom. The van der Waals surface area contributed by atoms with E-state index in [2.05, 4.69) is 4.98 Å². The van der Waals surface area contributed by atoms with Crippen molar-refractivity contribution in [3.8, 4) is 11.6 Å². The number of carbonyl (C=O) groups excluding carboxylic acids is 1. The van der Waals surface area contributed by atoms with Crippen LogP contribution in [0.4, 0.5) is 13.2 Å². The van der Waals surface area contributed by atoms with Gasteiger partial charge in [0.2, 0.25) is 5.88 Å². The third-order valence-electron chi connectivity index (χ3n) is 5.76. The molecule has 0 saturated heterocycles. The highest BCUT2D eigenvalue weighted by molar-refractivity contribution is 6.30. The Kier molecular flexibility index (Phi) is 5.26.